The van der Waals surface area contributed by atoms with Crippen LogP contribution >= 0.6 is 23.5 Å². The highest BCUT2D eigenvalue weighted by atomic mass is 35.5. The summed E-state index contributed by atoms with van der Waals surface area (Å²) in [5, 5.41) is 0. The Hall–Kier alpha value is 0.540. The monoisotopic (exact) mass is 142 g/mol. The summed E-state index contributed by atoms with van der Waals surface area (Å²) in [6.45, 7) is 1.87. The minimum absolute atomic E-state index is 0.0826. The van der Waals surface area contributed by atoms with Gasteiger partial charge in [0.2, 0.25) is 0 Å². The van der Waals surface area contributed by atoms with Gasteiger partial charge in [-0.25, -0.2) is 0 Å². The molecule has 0 N–H and O–H groups in total. The molecule has 0 aliphatic heterocycles. The van der Waals surface area contributed by atoms with Crippen LogP contribution in [0.15, 0.2) is 0 Å². The summed E-state index contributed by atoms with van der Waals surface area (Å²) in [6.07, 6.45) is 0.893. The van der Waals surface area contributed by atoms with Gasteiger partial charge in [0, 0.05) is 5.88 Å². The molecule has 0 rings (SSSR count). The van der Waals surface area contributed by atoms with E-state index >= 15 is 0 Å². The van der Waals surface area contributed by atoms with Crippen LogP contribution < -0.4 is 0 Å². The van der Waals surface area contributed by atoms with Crippen molar-refractivity contribution in [1.29, 1.82) is 0 Å². The molecule has 7 heavy (non-hydrogen) atoms. The van der Waals surface area contributed by atoms with E-state index in [0.717, 1.165) is 6.42 Å². The zero-order valence-electron chi connectivity index (χ0n) is 4.16. The Kier molecular flexibility index (Phi) is 5.05. The molecule has 1 atom stereocenters. The molecule has 0 spiro atoms. The zero-order valence-corrected chi connectivity index (χ0v) is 5.67. The molecule has 44 valence electrons. The lowest BCUT2D eigenvalue weighted by molar-refractivity contribution is 0.242. The van der Waals surface area contributed by atoms with Gasteiger partial charge >= 0.3 is 0 Å². The molecule has 0 saturated heterocycles. The Balaban J connectivity index is 2.83. The van der Waals surface area contributed by atoms with Gasteiger partial charge in [0.1, 0.15) is 0 Å². The van der Waals surface area contributed by atoms with E-state index in [9.17, 15) is 0 Å². The molecular weight excluding hydrogens is 135 g/mol. The smallest absolute Gasteiger partial charge is 0.0774 e. The topological polar surface area (TPSA) is 9.23 Å². The molecule has 0 aromatic carbocycles. The number of hydrogen-bond donors (Lipinski definition) is 0. The van der Waals surface area contributed by atoms with Crippen LogP contribution in [0.25, 0.3) is 0 Å². The largest absolute Gasteiger partial charge is 0.276 e. The zero-order chi connectivity index (χ0) is 5.70. The SMILES string of the molecule is CC(CCCl)OCl. The summed E-state index contributed by atoms with van der Waals surface area (Å²) < 4.78 is 4.38. The molecule has 0 heterocycles. The van der Waals surface area contributed by atoms with Crippen LogP contribution in [0.3, 0.4) is 0 Å². The van der Waals surface area contributed by atoms with E-state index in [4.69, 9.17) is 23.5 Å². The van der Waals surface area contributed by atoms with Crippen LogP contribution in [0.5, 0.6) is 0 Å². The van der Waals surface area contributed by atoms with Gasteiger partial charge < -0.3 is 0 Å². The third kappa shape index (κ3) is 4.39. The summed E-state index contributed by atoms with van der Waals surface area (Å²) in [6, 6.07) is 0. The van der Waals surface area contributed by atoms with E-state index in [1.54, 1.807) is 0 Å². The fraction of sp³-hybridized carbons (Fsp3) is 1.00. The third-order valence-corrected chi connectivity index (χ3v) is 1.19. The lowest BCUT2D eigenvalue weighted by Crippen LogP contribution is -2.00. The second-order valence-corrected chi connectivity index (χ2v) is 1.93. The average molecular weight is 143 g/mol. The first-order chi connectivity index (χ1) is 3.31. The van der Waals surface area contributed by atoms with Gasteiger partial charge in [0.25, 0.3) is 0 Å². The van der Waals surface area contributed by atoms with Gasteiger partial charge in [-0.05, 0) is 13.3 Å². The average Bonchev–Trinajstić information content (AvgIpc) is 1.68. The fourth-order valence-corrected chi connectivity index (χ4v) is 0.595. The molecule has 1 nitrogen and oxygen atoms in total. The summed E-state index contributed by atoms with van der Waals surface area (Å²) in [7, 11) is 0. The first-order valence-corrected chi connectivity index (χ1v) is 2.99. The van der Waals surface area contributed by atoms with Crippen molar-refractivity contribution in [2.24, 2.45) is 0 Å². The molecule has 0 fully saturated rings. The lowest BCUT2D eigenvalue weighted by Gasteiger charge is -2.00. The Bertz CT molecular complexity index is 40.7. The number of alkyl halides is 1. The quantitative estimate of drug-likeness (QED) is 0.550. The van der Waals surface area contributed by atoms with Crippen LogP contribution in [-0.2, 0) is 4.29 Å². The first-order valence-electron chi connectivity index (χ1n) is 2.14. The first kappa shape index (κ1) is 7.54. The third-order valence-electron chi connectivity index (χ3n) is 0.668. The molecule has 0 aliphatic carbocycles. The summed E-state index contributed by atoms with van der Waals surface area (Å²) in [5.41, 5.74) is 0. The second-order valence-electron chi connectivity index (χ2n) is 1.38. The minimum Gasteiger partial charge on any atom is -0.276 e. The van der Waals surface area contributed by atoms with E-state index in [0.29, 0.717) is 5.88 Å². The highest BCUT2D eigenvalue weighted by molar-refractivity contribution is 6.17. The predicted octanol–water partition coefficient (Wildman–Crippen LogP) is 2.17. The predicted molar refractivity (Wildman–Crippen MR) is 31.7 cm³/mol. The van der Waals surface area contributed by atoms with Gasteiger partial charge in [-0.15, -0.1) is 11.6 Å². The molecule has 0 amide bonds. The van der Waals surface area contributed by atoms with Crippen molar-refractivity contribution in [2.75, 3.05) is 5.88 Å². The molecule has 0 bridgehead atoms. The van der Waals surface area contributed by atoms with E-state index in [2.05, 4.69) is 4.29 Å². The molecule has 0 aromatic heterocycles. The highest BCUT2D eigenvalue weighted by Gasteiger charge is 1.96. The Labute approximate surface area is 53.7 Å². The fourth-order valence-electron chi connectivity index (χ4n) is 0.198. The van der Waals surface area contributed by atoms with Gasteiger partial charge in [0.05, 0.1) is 18.0 Å². The van der Waals surface area contributed by atoms with Crippen LogP contribution in [0.1, 0.15) is 13.3 Å². The normalized spacial score (nSPS) is 14.1. The molecule has 3 heteroatoms. The van der Waals surface area contributed by atoms with Crippen LogP contribution in [-0.4, -0.2) is 12.0 Å². The minimum atomic E-state index is 0.0826. The van der Waals surface area contributed by atoms with Gasteiger partial charge in [-0.2, -0.15) is 0 Å². The summed E-state index contributed by atoms with van der Waals surface area (Å²) >= 11 is 10.3. The van der Waals surface area contributed by atoms with Gasteiger partial charge in [-0.3, -0.25) is 4.29 Å². The summed E-state index contributed by atoms with van der Waals surface area (Å²) in [5.74, 6) is 0.605. The maximum absolute atomic E-state index is 5.34. The van der Waals surface area contributed by atoms with Gasteiger partial charge in [-0.1, -0.05) is 0 Å². The number of rotatable bonds is 3. The standard InChI is InChI=1S/C4H8Cl2O/c1-4(7-6)2-3-5/h4H,2-3H2,1H3. The lowest BCUT2D eigenvalue weighted by atomic mass is 10.3. The molecule has 1 unspecified atom stereocenters. The molecule has 0 aromatic rings. The van der Waals surface area contributed by atoms with Crippen LogP contribution in [0, 0.1) is 0 Å². The number of hydrogen-bond acceptors (Lipinski definition) is 1. The van der Waals surface area contributed by atoms with Crippen molar-refractivity contribution in [3.8, 4) is 0 Å². The molecular formula is C4H8Cl2O. The van der Waals surface area contributed by atoms with Crippen molar-refractivity contribution in [3.63, 3.8) is 0 Å². The van der Waals surface area contributed by atoms with Crippen molar-refractivity contribution < 1.29 is 4.29 Å². The Morgan fingerprint density at radius 3 is 2.43 bits per heavy atom. The van der Waals surface area contributed by atoms with E-state index < -0.39 is 0 Å². The molecule has 0 saturated carbocycles. The van der Waals surface area contributed by atoms with E-state index in [1.807, 2.05) is 6.92 Å². The van der Waals surface area contributed by atoms with Crippen molar-refractivity contribution in [1.82, 2.24) is 0 Å². The Morgan fingerprint density at radius 2 is 2.29 bits per heavy atom. The van der Waals surface area contributed by atoms with Crippen molar-refractivity contribution >= 4 is 23.5 Å². The van der Waals surface area contributed by atoms with Crippen LogP contribution in [0.2, 0.25) is 0 Å². The molecule has 0 aliphatic rings. The second kappa shape index (κ2) is 4.69. The van der Waals surface area contributed by atoms with Gasteiger partial charge in [0.15, 0.2) is 0 Å². The van der Waals surface area contributed by atoms with E-state index in [-0.39, 0.29) is 6.10 Å². The van der Waals surface area contributed by atoms with E-state index in [1.165, 1.54) is 0 Å². The van der Waals surface area contributed by atoms with Crippen molar-refractivity contribution in [3.05, 3.63) is 0 Å². The molecule has 0 radical (unpaired) electrons. The maximum Gasteiger partial charge on any atom is 0.0774 e. The maximum atomic E-state index is 5.34. The Morgan fingerprint density at radius 1 is 1.71 bits per heavy atom. The number of halogens is 2. The van der Waals surface area contributed by atoms with Crippen LogP contribution in [0.4, 0.5) is 0 Å². The van der Waals surface area contributed by atoms with Crippen molar-refractivity contribution in [2.45, 2.75) is 19.4 Å². The highest BCUT2D eigenvalue weighted by Crippen LogP contribution is 1.99. The summed E-state index contributed by atoms with van der Waals surface area (Å²) in [4.78, 5) is 0.